The van der Waals surface area contributed by atoms with Gasteiger partial charge in [-0.15, -0.1) is 0 Å². The molecule has 1 aromatic carbocycles. The van der Waals surface area contributed by atoms with Gasteiger partial charge >= 0.3 is 0 Å². The SMILES string of the molecule is CC(O)C(O)C(O)C(O)C(=O)C(=O)c1ccccc1. The van der Waals surface area contributed by atoms with Crippen molar-refractivity contribution in [3.8, 4) is 0 Å². The van der Waals surface area contributed by atoms with Crippen molar-refractivity contribution in [2.45, 2.75) is 31.3 Å². The van der Waals surface area contributed by atoms with Crippen molar-refractivity contribution in [2.75, 3.05) is 0 Å². The van der Waals surface area contributed by atoms with Gasteiger partial charge in [0.25, 0.3) is 0 Å². The Kier molecular flexibility index (Phi) is 5.31. The Balaban J connectivity index is 2.80. The van der Waals surface area contributed by atoms with Crippen LogP contribution in [0.5, 0.6) is 0 Å². The predicted octanol–water partition coefficient (Wildman–Crippen LogP) is -1.10. The summed E-state index contributed by atoms with van der Waals surface area (Å²) in [6, 6.07) is 7.54. The molecule has 0 fully saturated rings. The van der Waals surface area contributed by atoms with Crippen molar-refractivity contribution in [1.82, 2.24) is 0 Å². The third kappa shape index (κ3) is 3.68. The van der Waals surface area contributed by atoms with Gasteiger partial charge in [0.2, 0.25) is 11.6 Å². The molecule has 0 spiro atoms. The molecule has 104 valence electrons. The molecule has 19 heavy (non-hydrogen) atoms. The molecule has 0 aliphatic rings. The Bertz CT molecular complexity index is 442. The molecule has 6 nitrogen and oxygen atoms in total. The fourth-order valence-corrected chi connectivity index (χ4v) is 1.49. The third-order valence-electron chi connectivity index (χ3n) is 2.70. The van der Waals surface area contributed by atoms with Gasteiger partial charge in [-0.3, -0.25) is 9.59 Å². The van der Waals surface area contributed by atoms with Crippen LogP contribution in [0.1, 0.15) is 17.3 Å². The van der Waals surface area contributed by atoms with E-state index < -0.39 is 36.0 Å². The maximum Gasteiger partial charge on any atom is 0.234 e. The lowest BCUT2D eigenvalue weighted by Gasteiger charge is -2.23. The van der Waals surface area contributed by atoms with E-state index in [1.165, 1.54) is 19.1 Å². The number of benzene rings is 1. The maximum absolute atomic E-state index is 11.7. The molecule has 0 saturated carbocycles. The first-order chi connectivity index (χ1) is 8.86. The standard InChI is InChI=1S/C13H16O6/c1-7(14)9(15)11(17)13(19)12(18)10(16)8-5-3-2-4-6-8/h2-7,9,11,13-15,17,19H,1H3. The summed E-state index contributed by atoms with van der Waals surface area (Å²) in [5, 5.41) is 37.4. The Morgan fingerprint density at radius 3 is 1.95 bits per heavy atom. The molecule has 4 N–H and O–H groups in total. The topological polar surface area (TPSA) is 115 Å². The summed E-state index contributed by atoms with van der Waals surface area (Å²) in [5.74, 6) is -2.21. The summed E-state index contributed by atoms with van der Waals surface area (Å²) < 4.78 is 0. The molecule has 1 aromatic rings. The molecule has 6 heteroatoms. The summed E-state index contributed by atoms with van der Waals surface area (Å²) in [4.78, 5) is 23.4. The van der Waals surface area contributed by atoms with Gasteiger partial charge in [-0.05, 0) is 6.92 Å². The lowest BCUT2D eigenvalue weighted by Crippen LogP contribution is -2.48. The molecule has 0 saturated heterocycles. The van der Waals surface area contributed by atoms with E-state index in [0.717, 1.165) is 0 Å². The van der Waals surface area contributed by atoms with Crippen LogP contribution in [0.4, 0.5) is 0 Å². The smallest absolute Gasteiger partial charge is 0.234 e. The number of carbonyl (C=O) groups excluding carboxylic acids is 2. The van der Waals surface area contributed by atoms with Crippen LogP contribution in [0.25, 0.3) is 0 Å². The van der Waals surface area contributed by atoms with Gasteiger partial charge in [0.05, 0.1) is 6.10 Å². The zero-order valence-electron chi connectivity index (χ0n) is 10.3. The average Bonchev–Trinajstić information content (AvgIpc) is 2.44. The molecule has 0 heterocycles. The van der Waals surface area contributed by atoms with E-state index in [1.807, 2.05) is 0 Å². The third-order valence-corrected chi connectivity index (χ3v) is 2.70. The molecule has 4 unspecified atom stereocenters. The van der Waals surface area contributed by atoms with E-state index in [9.17, 15) is 24.9 Å². The molecule has 0 aliphatic heterocycles. The molecular weight excluding hydrogens is 252 g/mol. The van der Waals surface area contributed by atoms with Crippen molar-refractivity contribution in [1.29, 1.82) is 0 Å². The Morgan fingerprint density at radius 2 is 1.47 bits per heavy atom. The van der Waals surface area contributed by atoms with Crippen LogP contribution >= 0.6 is 0 Å². The van der Waals surface area contributed by atoms with Gasteiger partial charge in [0, 0.05) is 5.56 Å². The van der Waals surface area contributed by atoms with Gasteiger partial charge < -0.3 is 20.4 Å². The predicted molar refractivity (Wildman–Crippen MR) is 65.5 cm³/mol. The number of rotatable bonds is 6. The molecule has 1 rings (SSSR count). The van der Waals surface area contributed by atoms with Gasteiger partial charge in [-0.1, -0.05) is 30.3 Å². The number of hydrogen-bond acceptors (Lipinski definition) is 6. The molecule has 0 amide bonds. The number of Topliss-reactive ketones (excluding diaryl/α,β-unsaturated/α-hetero) is 2. The molecule has 0 bridgehead atoms. The maximum atomic E-state index is 11.7. The highest BCUT2D eigenvalue weighted by atomic mass is 16.4. The largest absolute Gasteiger partial charge is 0.391 e. The summed E-state index contributed by atoms with van der Waals surface area (Å²) in [5.41, 5.74) is 0.0743. The molecular formula is C13H16O6. The zero-order chi connectivity index (χ0) is 14.6. The quantitative estimate of drug-likeness (QED) is 0.384. The first-order valence-electron chi connectivity index (χ1n) is 5.72. The van der Waals surface area contributed by atoms with Crippen molar-refractivity contribution in [3.05, 3.63) is 35.9 Å². The highest BCUT2D eigenvalue weighted by molar-refractivity contribution is 6.45. The normalized spacial score (nSPS) is 17.3. The van der Waals surface area contributed by atoms with Crippen molar-refractivity contribution in [3.63, 3.8) is 0 Å². The number of hydrogen-bond donors (Lipinski definition) is 4. The van der Waals surface area contributed by atoms with Crippen LogP contribution in [-0.2, 0) is 4.79 Å². The Morgan fingerprint density at radius 1 is 0.947 bits per heavy atom. The summed E-state index contributed by atoms with van der Waals surface area (Å²) in [6.45, 7) is 1.18. The van der Waals surface area contributed by atoms with E-state index in [-0.39, 0.29) is 5.56 Å². The van der Waals surface area contributed by atoms with Crippen LogP contribution in [0.15, 0.2) is 30.3 Å². The van der Waals surface area contributed by atoms with Gasteiger partial charge in [-0.2, -0.15) is 0 Å². The molecule has 0 radical (unpaired) electrons. The van der Waals surface area contributed by atoms with E-state index in [1.54, 1.807) is 18.2 Å². The first kappa shape index (κ1) is 15.5. The fraction of sp³-hybridized carbons (Fsp3) is 0.385. The summed E-state index contributed by atoms with van der Waals surface area (Å²) in [7, 11) is 0. The van der Waals surface area contributed by atoms with Crippen LogP contribution < -0.4 is 0 Å². The number of aliphatic hydroxyl groups is 4. The second kappa shape index (κ2) is 6.53. The molecule has 0 aliphatic carbocycles. The minimum absolute atomic E-state index is 0.0743. The van der Waals surface area contributed by atoms with E-state index >= 15 is 0 Å². The lowest BCUT2D eigenvalue weighted by atomic mass is 9.96. The van der Waals surface area contributed by atoms with Crippen LogP contribution in [0.2, 0.25) is 0 Å². The zero-order valence-corrected chi connectivity index (χ0v) is 10.3. The summed E-state index contributed by atoms with van der Waals surface area (Å²) in [6.07, 6.45) is -7.08. The van der Waals surface area contributed by atoms with E-state index in [4.69, 9.17) is 5.11 Å². The minimum atomic E-state index is -2.09. The van der Waals surface area contributed by atoms with Crippen molar-refractivity contribution in [2.24, 2.45) is 0 Å². The highest BCUT2D eigenvalue weighted by Gasteiger charge is 2.35. The Labute approximate surface area is 109 Å². The second-order valence-corrected chi connectivity index (χ2v) is 4.23. The van der Waals surface area contributed by atoms with Crippen molar-refractivity contribution >= 4 is 11.6 Å². The monoisotopic (exact) mass is 268 g/mol. The second-order valence-electron chi connectivity index (χ2n) is 4.23. The first-order valence-corrected chi connectivity index (χ1v) is 5.72. The van der Waals surface area contributed by atoms with Crippen molar-refractivity contribution < 1.29 is 30.0 Å². The van der Waals surface area contributed by atoms with Gasteiger partial charge in [0.15, 0.2) is 0 Å². The summed E-state index contributed by atoms with van der Waals surface area (Å²) >= 11 is 0. The number of carbonyl (C=O) groups is 2. The lowest BCUT2D eigenvalue weighted by molar-refractivity contribution is -0.139. The van der Waals surface area contributed by atoms with Crippen LogP contribution in [0.3, 0.4) is 0 Å². The minimum Gasteiger partial charge on any atom is -0.391 e. The van der Waals surface area contributed by atoms with Gasteiger partial charge in [-0.25, -0.2) is 0 Å². The van der Waals surface area contributed by atoms with Crippen LogP contribution in [-0.4, -0.2) is 56.4 Å². The average molecular weight is 268 g/mol. The Hall–Kier alpha value is -1.60. The fourth-order valence-electron chi connectivity index (χ4n) is 1.49. The van der Waals surface area contributed by atoms with Crippen LogP contribution in [0, 0.1) is 0 Å². The number of aliphatic hydroxyl groups excluding tert-OH is 4. The molecule has 4 atom stereocenters. The molecule has 0 aromatic heterocycles. The number of ketones is 2. The highest BCUT2D eigenvalue weighted by Crippen LogP contribution is 2.09. The van der Waals surface area contributed by atoms with Gasteiger partial charge in [0.1, 0.15) is 18.3 Å². The van der Waals surface area contributed by atoms with E-state index in [2.05, 4.69) is 0 Å². The van der Waals surface area contributed by atoms with E-state index in [0.29, 0.717) is 0 Å².